The van der Waals surface area contributed by atoms with E-state index in [4.69, 9.17) is 14.2 Å². The van der Waals surface area contributed by atoms with E-state index in [-0.39, 0.29) is 31.1 Å². The minimum absolute atomic E-state index is 0.0763. The normalized spacial score (nSPS) is 12.6. The molecule has 1 unspecified atom stereocenters. The predicted octanol–water partition coefficient (Wildman–Crippen LogP) is 18.6. The molecule has 0 bridgehead atoms. The predicted molar refractivity (Wildman–Crippen MR) is 284 cm³/mol. The summed E-state index contributed by atoms with van der Waals surface area (Å²) in [5.74, 6) is -0.888. The molecule has 0 rings (SSSR count). The van der Waals surface area contributed by atoms with Gasteiger partial charge in [-0.25, -0.2) is 0 Å². The Kier molecular flexibility index (Phi) is 51.9. The molecule has 0 aliphatic rings. The van der Waals surface area contributed by atoms with Crippen LogP contribution in [0.3, 0.4) is 0 Å². The molecule has 0 aliphatic carbocycles. The van der Waals surface area contributed by atoms with Gasteiger partial charge in [0.1, 0.15) is 13.2 Å². The van der Waals surface area contributed by atoms with Gasteiger partial charge in [0, 0.05) is 19.3 Å². The van der Waals surface area contributed by atoms with Crippen LogP contribution in [0.2, 0.25) is 0 Å². The van der Waals surface area contributed by atoms with E-state index in [9.17, 15) is 14.4 Å². The van der Waals surface area contributed by atoms with Crippen LogP contribution in [-0.4, -0.2) is 37.2 Å². The van der Waals surface area contributed by atoms with Gasteiger partial charge in [-0.05, 0) is 83.5 Å². The van der Waals surface area contributed by atoms with Crippen LogP contribution >= 0.6 is 0 Å². The summed E-state index contributed by atoms with van der Waals surface area (Å²) < 4.78 is 16.7. The number of carbonyl (C=O) groups is 3. The fourth-order valence-electron chi connectivity index (χ4n) is 7.74. The minimum atomic E-state index is -0.774. The standard InChI is InChI=1S/C60H104O6/c1-4-7-10-13-16-19-21-22-23-24-25-26-27-28-29-30-31-32-33-34-35-36-37-38-40-41-44-47-50-53-59(62)65-56-57(55-64-58(61)52-49-46-43-18-15-12-9-6-3)66-60(63)54-51-48-45-42-39-20-17-14-11-8-5-2/h7,10,14,16-17,19,22-23,25-26,28-29,57H,4-6,8-9,11-13,15,18,20-21,24,27,30-56H2,1-3H3/b10-7-,17-14-,19-16-,23-22-,26-25-,29-28-. The van der Waals surface area contributed by atoms with Crippen LogP contribution < -0.4 is 0 Å². The highest BCUT2D eigenvalue weighted by molar-refractivity contribution is 5.71. The second-order valence-corrected chi connectivity index (χ2v) is 18.5. The van der Waals surface area contributed by atoms with Crippen molar-refractivity contribution in [3.63, 3.8) is 0 Å². The van der Waals surface area contributed by atoms with E-state index in [1.807, 2.05) is 0 Å². The van der Waals surface area contributed by atoms with Gasteiger partial charge in [0.25, 0.3) is 0 Å². The van der Waals surface area contributed by atoms with Crippen molar-refractivity contribution < 1.29 is 28.6 Å². The molecule has 0 heterocycles. The number of unbranched alkanes of at least 4 members (excludes halogenated alkanes) is 27. The van der Waals surface area contributed by atoms with Crippen molar-refractivity contribution >= 4 is 17.9 Å². The Balaban J connectivity index is 4.08. The molecule has 0 aromatic carbocycles. The number of hydrogen-bond acceptors (Lipinski definition) is 6. The van der Waals surface area contributed by atoms with E-state index in [2.05, 4.69) is 93.7 Å². The molecule has 0 spiro atoms. The molecular weight excluding hydrogens is 817 g/mol. The Labute approximate surface area is 408 Å². The van der Waals surface area contributed by atoms with Gasteiger partial charge in [-0.15, -0.1) is 0 Å². The highest BCUT2D eigenvalue weighted by Crippen LogP contribution is 2.15. The molecular formula is C60H104O6. The zero-order valence-electron chi connectivity index (χ0n) is 43.4. The number of allylic oxidation sites excluding steroid dienone is 12. The number of rotatable bonds is 50. The van der Waals surface area contributed by atoms with Crippen LogP contribution in [0.5, 0.6) is 0 Å². The number of ether oxygens (including phenoxy) is 3. The Morgan fingerprint density at radius 2 is 0.606 bits per heavy atom. The Morgan fingerprint density at radius 1 is 0.318 bits per heavy atom. The Morgan fingerprint density at radius 3 is 0.985 bits per heavy atom. The van der Waals surface area contributed by atoms with Crippen molar-refractivity contribution in [2.75, 3.05) is 13.2 Å². The first-order valence-electron chi connectivity index (χ1n) is 27.9. The molecule has 0 N–H and O–H groups in total. The van der Waals surface area contributed by atoms with Crippen molar-refractivity contribution in [3.05, 3.63) is 72.9 Å². The average Bonchev–Trinajstić information content (AvgIpc) is 3.31. The summed E-state index contributed by atoms with van der Waals surface area (Å²) in [6.07, 6.45) is 69.2. The second kappa shape index (κ2) is 54.5. The molecule has 1 atom stereocenters. The third-order valence-electron chi connectivity index (χ3n) is 11.9. The topological polar surface area (TPSA) is 78.9 Å². The molecule has 0 aliphatic heterocycles. The lowest BCUT2D eigenvalue weighted by molar-refractivity contribution is -0.167. The highest BCUT2D eigenvalue weighted by Gasteiger charge is 2.19. The fraction of sp³-hybridized carbons (Fsp3) is 0.750. The molecule has 0 saturated carbocycles. The first kappa shape index (κ1) is 62.8. The molecule has 0 amide bonds. The van der Waals surface area contributed by atoms with E-state index in [1.165, 1.54) is 128 Å². The minimum Gasteiger partial charge on any atom is -0.462 e. The van der Waals surface area contributed by atoms with Gasteiger partial charge in [0.2, 0.25) is 0 Å². The van der Waals surface area contributed by atoms with Crippen molar-refractivity contribution in [1.82, 2.24) is 0 Å². The van der Waals surface area contributed by atoms with E-state index in [0.717, 1.165) is 103 Å². The second-order valence-electron chi connectivity index (χ2n) is 18.5. The van der Waals surface area contributed by atoms with Gasteiger partial charge < -0.3 is 14.2 Å². The van der Waals surface area contributed by atoms with Crippen molar-refractivity contribution in [1.29, 1.82) is 0 Å². The summed E-state index contributed by atoms with van der Waals surface area (Å²) in [4.78, 5) is 37.8. The lowest BCUT2D eigenvalue weighted by Gasteiger charge is -2.18. The van der Waals surface area contributed by atoms with Crippen molar-refractivity contribution in [2.24, 2.45) is 0 Å². The molecule has 0 aromatic rings. The largest absolute Gasteiger partial charge is 0.462 e. The number of esters is 3. The number of hydrogen-bond donors (Lipinski definition) is 0. The number of carbonyl (C=O) groups excluding carboxylic acids is 3. The molecule has 0 saturated heterocycles. The Hall–Kier alpha value is -3.15. The lowest BCUT2D eigenvalue weighted by atomic mass is 10.0. The molecule has 6 heteroatoms. The SMILES string of the molecule is CC/C=C\C/C=C\C/C=C\C/C=C\C/C=C\CCCCCCCCCCCCCCCC(=O)OCC(COC(=O)CCCCCCCCCC)OC(=O)CCCCCCC/C=C\CCCC. The van der Waals surface area contributed by atoms with Gasteiger partial charge in [0.15, 0.2) is 6.10 Å². The van der Waals surface area contributed by atoms with E-state index in [1.54, 1.807) is 0 Å². The first-order chi connectivity index (χ1) is 32.5. The summed E-state index contributed by atoms with van der Waals surface area (Å²) in [7, 11) is 0. The average molecular weight is 921 g/mol. The molecule has 0 radical (unpaired) electrons. The smallest absolute Gasteiger partial charge is 0.306 e. The summed E-state index contributed by atoms with van der Waals surface area (Å²) in [6, 6.07) is 0. The van der Waals surface area contributed by atoms with E-state index >= 15 is 0 Å². The van der Waals surface area contributed by atoms with Gasteiger partial charge in [-0.3, -0.25) is 14.4 Å². The third-order valence-corrected chi connectivity index (χ3v) is 11.9. The van der Waals surface area contributed by atoms with E-state index < -0.39 is 6.10 Å². The van der Waals surface area contributed by atoms with Crippen LogP contribution in [0.15, 0.2) is 72.9 Å². The van der Waals surface area contributed by atoms with Crippen molar-refractivity contribution in [2.45, 2.75) is 277 Å². The summed E-state index contributed by atoms with van der Waals surface area (Å²) in [5.41, 5.74) is 0. The van der Waals surface area contributed by atoms with Gasteiger partial charge >= 0.3 is 17.9 Å². The zero-order valence-corrected chi connectivity index (χ0v) is 43.4. The van der Waals surface area contributed by atoms with Gasteiger partial charge in [-0.2, -0.15) is 0 Å². The maximum Gasteiger partial charge on any atom is 0.306 e. The van der Waals surface area contributed by atoms with Crippen LogP contribution in [0.25, 0.3) is 0 Å². The van der Waals surface area contributed by atoms with Gasteiger partial charge in [-0.1, -0.05) is 241 Å². The molecule has 0 fully saturated rings. The fourth-order valence-corrected chi connectivity index (χ4v) is 7.74. The molecule has 6 nitrogen and oxygen atoms in total. The summed E-state index contributed by atoms with van der Waals surface area (Å²) in [6.45, 7) is 6.46. The lowest BCUT2D eigenvalue weighted by Crippen LogP contribution is -2.30. The van der Waals surface area contributed by atoms with Crippen LogP contribution in [0.1, 0.15) is 271 Å². The van der Waals surface area contributed by atoms with Crippen LogP contribution in [0.4, 0.5) is 0 Å². The summed E-state index contributed by atoms with van der Waals surface area (Å²) in [5, 5.41) is 0. The van der Waals surface area contributed by atoms with Crippen molar-refractivity contribution in [3.8, 4) is 0 Å². The maximum atomic E-state index is 12.7. The molecule has 66 heavy (non-hydrogen) atoms. The highest BCUT2D eigenvalue weighted by atomic mass is 16.6. The van der Waals surface area contributed by atoms with Crippen LogP contribution in [-0.2, 0) is 28.6 Å². The Bertz CT molecular complexity index is 1240. The van der Waals surface area contributed by atoms with Crippen LogP contribution in [0, 0.1) is 0 Å². The van der Waals surface area contributed by atoms with E-state index in [0.29, 0.717) is 19.3 Å². The third kappa shape index (κ3) is 51.8. The monoisotopic (exact) mass is 921 g/mol. The molecule has 0 aromatic heterocycles. The maximum absolute atomic E-state index is 12.7. The first-order valence-corrected chi connectivity index (χ1v) is 27.9. The molecule has 380 valence electrons. The summed E-state index contributed by atoms with van der Waals surface area (Å²) >= 11 is 0. The zero-order chi connectivity index (χ0) is 47.9. The quantitative estimate of drug-likeness (QED) is 0.0262. The van der Waals surface area contributed by atoms with Gasteiger partial charge in [0.05, 0.1) is 0 Å².